The third-order valence-corrected chi connectivity index (χ3v) is 5.65. The van der Waals surface area contributed by atoms with Crippen molar-refractivity contribution in [3.05, 3.63) is 0 Å². The normalized spacial score (nSPS) is 39.0. The van der Waals surface area contributed by atoms with E-state index in [-0.39, 0.29) is 30.0 Å². The van der Waals surface area contributed by atoms with Crippen molar-refractivity contribution >= 4 is 12.2 Å². The number of urea groups is 1. The second kappa shape index (κ2) is 5.69. The maximum Gasteiger partial charge on any atom is 0.340 e. The molecule has 23 heavy (non-hydrogen) atoms. The maximum atomic E-state index is 13.7. The summed E-state index contributed by atoms with van der Waals surface area (Å²) in [6, 6.07) is -0.360. The first-order chi connectivity index (χ1) is 11.1. The lowest BCUT2D eigenvalue weighted by atomic mass is 9.81. The van der Waals surface area contributed by atoms with Crippen molar-refractivity contribution in [3.63, 3.8) is 0 Å². The predicted molar refractivity (Wildman–Crippen MR) is 80.8 cm³/mol. The van der Waals surface area contributed by atoms with Gasteiger partial charge in [-0.05, 0) is 31.6 Å². The molecule has 3 fully saturated rings. The van der Waals surface area contributed by atoms with Crippen LogP contribution >= 0.6 is 0 Å². The molecule has 0 aromatic heterocycles. The van der Waals surface area contributed by atoms with Gasteiger partial charge in [-0.2, -0.15) is 5.10 Å². The second-order valence-electron chi connectivity index (χ2n) is 7.38. The minimum absolute atomic E-state index is 0.00991. The third kappa shape index (κ3) is 2.73. The minimum Gasteiger partial charge on any atom is -0.371 e. The third-order valence-electron chi connectivity index (χ3n) is 5.65. The highest BCUT2D eigenvalue weighted by molar-refractivity contribution is 5.79. The number of alkyl halides is 2. The van der Waals surface area contributed by atoms with Gasteiger partial charge in [-0.3, -0.25) is 0 Å². The first-order valence-electron chi connectivity index (χ1n) is 8.59. The van der Waals surface area contributed by atoms with Crippen molar-refractivity contribution in [2.75, 3.05) is 19.7 Å². The van der Waals surface area contributed by atoms with Crippen LogP contribution in [0.2, 0.25) is 0 Å². The number of hydrogen-bond acceptors (Lipinski definition) is 3. The van der Waals surface area contributed by atoms with Crippen molar-refractivity contribution in [1.29, 1.82) is 0 Å². The summed E-state index contributed by atoms with van der Waals surface area (Å²) < 4.78 is 33.1. The van der Waals surface area contributed by atoms with Gasteiger partial charge in [-0.15, -0.1) is 0 Å². The van der Waals surface area contributed by atoms with Crippen LogP contribution in [-0.2, 0) is 4.74 Å². The van der Waals surface area contributed by atoms with Crippen molar-refractivity contribution in [1.82, 2.24) is 9.91 Å². The molecule has 0 aromatic rings. The van der Waals surface area contributed by atoms with Gasteiger partial charge < -0.3 is 9.64 Å². The number of amides is 2. The fraction of sp³-hybridized carbons (Fsp3) is 0.875. The predicted octanol–water partition coefficient (Wildman–Crippen LogP) is 2.51. The second-order valence-corrected chi connectivity index (χ2v) is 7.38. The summed E-state index contributed by atoms with van der Waals surface area (Å²) in [5, 5.41) is 5.65. The van der Waals surface area contributed by atoms with E-state index in [0.717, 1.165) is 19.4 Å². The Morgan fingerprint density at radius 2 is 1.96 bits per heavy atom. The Morgan fingerprint density at radius 1 is 1.22 bits per heavy atom. The molecule has 0 radical (unpaired) electrons. The summed E-state index contributed by atoms with van der Waals surface area (Å²) >= 11 is 0. The summed E-state index contributed by atoms with van der Waals surface area (Å²) in [5.74, 6) is -0.154. The van der Waals surface area contributed by atoms with Crippen molar-refractivity contribution in [3.8, 4) is 0 Å². The Kier molecular flexibility index (Phi) is 3.78. The first-order valence-corrected chi connectivity index (χ1v) is 8.59. The zero-order valence-corrected chi connectivity index (χ0v) is 13.2. The number of hydrazone groups is 1. The molecular formula is C16H23F2N3O2. The molecule has 7 heteroatoms. The van der Waals surface area contributed by atoms with Gasteiger partial charge >= 0.3 is 6.03 Å². The molecule has 3 heterocycles. The highest BCUT2D eigenvalue weighted by atomic mass is 19.1. The lowest BCUT2D eigenvalue weighted by molar-refractivity contribution is -0.0973. The summed E-state index contributed by atoms with van der Waals surface area (Å²) in [5.41, 5.74) is -0.145. The number of halogens is 2. The van der Waals surface area contributed by atoms with E-state index in [1.807, 2.05) is 0 Å². The number of nitrogens with zero attached hydrogens (tertiary/aromatic N) is 3. The molecule has 2 amide bonds. The van der Waals surface area contributed by atoms with E-state index in [1.54, 1.807) is 11.1 Å². The molecule has 2 unspecified atom stereocenters. The fourth-order valence-corrected chi connectivity index (χ4v) is 4.48. The molecular weight excluding hydrogens is 304 g/mol. The minimum atomic E-state index is -1.11. The molecule has 3 aliphatic heterocycles. The van der Waals surface area contributed by atoms with E-state index in [1.165, 1.54) is 5.01 Å². The van der Waals surface area contributed by atoms with Gasteiger partial charge in [0, 0.05) is 25.7 Å². The van der Waals surface area contributed by atoms with Gasteiger partial charge in [0.25, 0.3) is 0 Å². The summed E-state index contributed by atoms with van der Waals surface area (Å²) in [6.07, 6.45) is 2.75. The molecule has 4 rings (SSSR count). The SMILES string of the molecule is O=C(N1CC2(CCCO2)C1)N1N=CC[C@H]1C1CC(F)CC(F)C1. The number of ether oxygens (including phenoxy) is 1. The van der Waals surface area contributed by atoms with E-state index in [4.69, 9.17) is 4.74 Å². The lowest BCUT2D eigenvalue weighted by Gasteiger charge is -2.48. The zero-order valence-electron chi connectivity index (χ0n) is 13.2. The van der Waals surface area contributed by atoms with Crippen molar-refractivity contribution in [2.24, 2.45) is 11.0 Å². The Bertz CT molecular complexity index is 492. The van der Waals surface area contributed by atoms with E-state index in [2.05, 4.69) is 5.10 Å². The molecule has 4 aliphatic rings. The average molecular weight is 327 g/mol. The molecule has 3 atom stereocenters. The van der Waals surface area contributed by atoms with Gasteiger partial charge in [0.05, 0.1) is 19.1 Å². The first kappa shape index (κ1) is 15.3. The van der Waals surface area contributed by atoms with Crippen LogP contribution in [-0.4, -0.2) is 65.8 Å². The Hall–Kier alpha value is -1.24. The van der Waals surface area contributed by atoms with Gasteiger partial charge in [-0.1, -0.05) is 0 Å². The summed E-state index contributed by atoms with van der Waals surface area (Å²) in [7, 11) is 0. The van der Waals surface area contributed by atoms with Crippen LogP contribution in [0.5, 0.6) is 0 Å². The Labute approximate surface area is 134 Å². The molecule has 0 bridgehead atoms. The van der Waals surface area contributed by atoms with Crippen LogP contribution in [0.4, 0.5) is 13.6 Å². The van der Waals surface area contributed by atoms with Gasteiger partial charge in [0.2, 0.25) is 0 Å². The van der Waals surface area contributed by atoms with Crippen molar-refractivity contribution in [2.45, 2.75) is 62.5 Å². The zero-order chi connectivity index (χ0) is 16.0. The number of carbonyl (C=O) groups is 1. The van der Waals surface area contributed by atoms with Crippen LogP contribution < -0.4 is 0 Å². The number of rotatable bonds is 1. The van der Waals surface area contributed by atoms with Crippen molar-refractivity contribution < 1.29 is 18.3 Å². The molecule has 1 aliphatic carbocycles. The lowest BCUT2D eigenvalue weighted by Crippen LogP contribution is -2.65. The Balaban J connectivity index is 1.39. The molecule has 1 saturated carbocycles. The molecule has 5 nitrogen and oxygen atoms in total. The topological polar surface area (TPSA) is 45.1 Å². The average Bonchev–Trinajstić information content (AvgIpc) is 3.13. The Morgan fingerprint density at radius 3 is 2.61 bits per heavy atom. The van der Waals surface area contributed by atoms with Crippen LogP contribution in [0, 0.1) is 5.92 Å². The molecule has 0 aromatic carbocycles. The molecule has 2 saturated heterocycles. The monoisotopic (exact) mass is 327 g/mol. The van der Waals surface area contributed by atoms with Gasteiger partial charge in [0.1, 0.15) is 17.9 Å². The van der Waals surface area contributed by atoms with E-state index in [9.17, 15) is 13.6 Å². The largest absolute Gasteiger partial charge is 0.371 e. The highest BCUT2D eigenvalue weighted by Gasteiger charge is 2.51. The molecule has 0 N–H and O–H groups in total. The molecule has 1 spiro atoms. The fourth-order valence-electron chi connectivity index (χ4n) is 4.48. The van der Waals surface area contributed by atoms with Crippen LogP contribution in [0.25, 0.3) is 0 Å². The summed E-state index contributed by atoms with van der Waals surface area (Å²) in [4.78, 5) is 14.4. The van der Waals surface area contributed by atoms with Gasteiger partial charge in [-0.25, -0.2) is 18.6 Å². The van der Waals surface area contributed by atoms with E-state index in [0.29, 0.717) is 32.4 Å². The van der Waals surface area contributed by atoms with Gasteiger partial charge in [0.15, 0.2) is 0 Å². The van der Waals surface area contributed by atoms with Crippen LogP contribution in [0.15, 0.2) is 5.10 Å². The number of carbonyl (C=O) groups excluding carboxylic acids is 1. The maximum absolute atomic E-state index is 13.7. The van der Waals surface area contributed by atoms with Crippen LogP contribution in [0.3, 0.4) is 0 Å². The number of hydrogen-bond donors (Lipinski definition) is 0. The van der Waals surface area contributed by atoms with E-state index >= 15 is 0 Å². The van der Waals surface area contributed by atoms with E-state index < -0.39 is 12.3 Å². The standard InChI is InChI=1S/C16H23F2N3O2/c17-12-6-11(7-13(18)8-12)14-2-4-19-21(14)15(22)20-9-16(10-20)3-1-5-23-16/h4,11-14H,1-3,5-10H2/t11?,12?,13?,14-/m0/s1. The highest BCUT2D eigenvalue weighted by Crippen LogP contribution is 2.38. The smallest absolute Gasteiger partial charge is 0.340 e. The quantitative estimate of drug-likeness (QED) is 0.743. The summed E-state index contributed by atoms with van der Waals surface area (Å²) in [6.45, 7) is 1.98. The number of likely N-dealkylation sites (tertiary alicyclic amines) is 1. The van der Waals surface area contributed by atoms with Crippen LogP contribution in [0.1, 0.15) is 38.5 Å². The molecule has 128 valence electrons.